The van der Waals surface area contributed by atoms with E-state index < -0.39 is 16.1 Å². The summed E-state index contributed by atoms with van der Waals surface area (Å²) in [5, 5.41) is 0. The molecule has 11 heteroatoms. The molecular weight excluding hydrogens is 715 g/mol. The fourth-order valence-corrected chi connectivity index (χ4v) is 7.86. The fourth-order valence-electron chi connectivity index (χ4n) is 1.95. The molecule has 7 nitrogen and oxygen atoms in total. The van der Waals surface area contributed by atoms with Gasteiger partial charge in [0.2, 0.25) is 0 Å². The van der Waals surface area contributed by atoms with Gasteiger partial charge in [-0.1, -0.05) is 24.3 Å². The smallest absolute Gasteiger partial charge is 0.338 e. The van der Waals surface area contributed by atoms with Gasteiger partial charge in [-0.15, -0.1) is 0 Å². The summed E-state index contributed by atoms with van der Waals surface area (Å²) in [7, 11) is -4.64. The molecule has 0 amide bonds. The molecule has 0 atom stereocenters. The Bertz CT molecular complexity index is 1020. The molecule has 0 unspecified atom stereocenters. The summed E-state index contributed by atoms with van der Waals surface area (Å²) in [6.07, 6.45) is 0. The highest BCUT2D eigenvalue weighted by molar-refractivity contribution is 14.1. The van der Waals surface area contributed by atoms with Crippen LogP contribution in [0.2, 0.25) is 0 Å². The van der Waals surface area contributed by atoms with Crippen molar-refractivity contribution in [3.8, 4) is 5.75 Å². The van der Waals surface area contributed by atoms with Crippen molar-refractivity contribution in [1.82, 2.24) is 0 Å². The van der Waals surface area contributed by atoms with E-state index in [2.05, 4.69) is 4.85 Å². The molecule has 0 heterocycles. The molecule has 2 aromatic rings. The van der Waals surface area contributed by atoms with Gasteiger partial charge in [-0.2, -0.15) is 0 Å². The molecule has 0 spiro atoms. The molecule has 142 valence electrons. The van der Waals surface area contributed by atoms with E-state index in [4.69, 9.17) is 16.0 Å². The summed E-state index contributed by atoms with van der Waals surface area (Å²) in [6, 6.07) is 7.55. The van der Waals surface area contributed by atoms with Gasteiger partial charge in [-0.3, -0.25) is 0 Å². The van der Waals surface area contributed by atoms with Gasteiger partial charge < -0.3 is 14.0 Å². The number of carbonyl (C=O) groups is 1. The second kappa shape index (κ2) is 9.67. The van der Waals surface area contributed by atoms with Crippen LogP contribution in [-0.4, -0.2) is 32.2 Å². The van der Waals surface area contributed by atoms with Crippen LogP contribution in [0.4, 0.5) is 5.69 Å². The molecule has 0 N–H and O–H groups in total. The first-order chi connectivity index (χ1) is 12.6. The van der Waals surface area contributed by atoms with E-state index in [1.807, 2.05) is 22.6 Å². The number of benzene rings is 2. The van der Waals surface area contributed by atoms with Crippen molar-refractivity contribution < 1.29 is 27.2 Å². The van der Waals surface area contributed by atoms with Gasteiger partial charge in [-0.05, 0) is 73.8 Å². The highest BCUT2D eigenvalue weighted by Gasteiger charge is 2.20. The zero-order chi connectivity index (χ0) is 20.2. The highest BCUT2D eigenvalue weighted by atomic mass is 127. The average Bonchev–Trinajstić information content (AvgIpc) is 2.59. The van der Waals surface area contributed by atoms with Crippen LogP contribution in [0.5, 0.6) is 5.75 Å². The van der Waals surface area contributed by atoms with E-state index >= 15 is 0 Å². The molecule has 0 saturated carbocycles. The number of ether oxygens (including phenoxy) is 2. The molecule has 2 aromatic carbocycles. The van der Waals surface area contributed by atoms with E-state index in [0.717, 1.165) is 0 Å². The predicted octanol–water partition coefficient (Wildman–Crippen LogP) is 4.19. The molecule has 0 saturated heterocycles. The van der Waals surface area contributed by atoms with Crippen LogP contribution in [0.3, 0.4) is 0 Å². The molecule has 0 aliphatic rings. The number of esters is 1. The predicted molar refractivity (Wildman–Crippen MR) is 121 cm³/mol. The Morgan fingerprint density at radius 3 is 2.30 bits per heavy atom. The van der Waals surface area contributed by atoms with Crippen molar-refractivity contribution >= 4 is 89.5 Å². The quantitative estimate of drug-likeness (QED) is 0.146. The van der Waals surface area contributed by atoms with Crippen molar-refractivity contribution in [3.05, 3.63) is 58.0 Å². The van der Waals surface area contributed by atoms with Crippen molar-refractivity contribution in [2.75, 3.05) is 13.2 Å². The van der Waals surface area contributed by atoms with Gasteiger partial charge in [0.15, 0.2) is 5.69 Å². The summed E-state index contributed by atoms with van der Waals surface area (Å²) < 4.78 is 46.1. The van der Waals surface area contributed by atoms with Crippen LogP contribution >= 0.6 is 67.8 Å². The summed E-state index contributed by atoms with van der Waals surface area (Å²) >= 11 is 5.51. The average molecular weight is 724 g/mol. The molecular formula is C16H9I3NO6S-. The number of carbonyl (C=O) groups excluding carboxylic acids is 1. The zero-order valence-electron chi connectivity index (χ0n) is 13.2. The lowest BCUT2D eigenvalue weighted by atomic mass is 10.2. The number of hydrogen-bond donors (Lipinski definition) is 0. The third kappa shape index (κ3) is 5.89. The van der Waals surface area contributed by atoms with Crippen molar-refractivity contribution in [2.24, 2.45) is 0 Å². The van der Waals surface area contributed by atoms with Crippen molar-refractivity contribution in [3.63, 3.8) is 0 Å². The van der Waals surface area contributed by atoms with Crippen LogP contribution < -0.4 is 4.74 Å². The largest absolute Gasteiger partial charge is 0.744 e. The van der Waals surface area contributed by atoms with Crippen LogP contribution in [0.1, 0.15) is 10.4 Å². The monoisotopic (exact) mass is 724 g/mol. The van der Waals surface area contributed by atoms with Crippen molar-refractivity contribution in [1.29, 1.82) is 0 Å². The maximum absolute atomic E-state index is 11.9. The minimum Gasteiger partial charge on any atom is -0.744 e. The third-order valence-electron chi connectivity index (χ3n) is 3.13. The Labute approximate surface area is 196 Å². The Morgan fingerprint density at radius 1 is 1.11 bits per heavy atom. The lowest BCUT2D eigenvalue weighted by Crippen LogP contribution is -2.14. The summed E-state index contributed by atoms with van der Waals surface area (Å²) in [5.41, 5.74) is 0.724. The van der Waals surface area contributed by atoms with Crippen LogP contribution in [-0.2, 0) is 14.9 Å². The standard InChI is InChI=1S/C16H10I3NO6S/c1-20-10-4-2-9(3-5-10)16(21)26-7-6-25-14-11(17)8-12(18)15(13(14)19)27(22,23)24/h2-5,8H,6-7H2,(H,22,23,24)/p-1. The highest BCUT2D eigenvalue weighted by Crippen LogP contribution is 2.35. The minimum absolute atomic E-state index is 0.0170. The molecule has 0 bridgehead atoms. The van der Waals surface area contributed by atoms with E-state index in [1.54, 1.807) is 45.2 Å². The maximum Gasteiger partial charge on any atom is 0.338 e. The topological polar surface area (TPSA) is 97.1 Å². The first kappa shape index (κ1) is 22.6. The summed E-state index contributed by atoms with van der Waals surface area (Å²) in [5.74, 6) is -0.312. The van der Waals surface area contributed by atoms with E-state index in [-0.39, 0.29) is 27.4 Å². The first-order valence-corrected chi connectivity index (χ1v) is 11.7. The Morgan fingerprint density at radius 2 is 1.74 bits per heavy atom. The Hall–Kier alpha value is -0.700. The fraction of sp³-hybridized carbons (Fsp3) is 0.125. The summed E-state index contributed by atoms with van der Waals surface area (Å²) in [4.78, 5) is 14.9. The van der Waals surface area contributed by atoms with Crippen LogP contribution in [0.15, 0.2) is 35.2 Å². The number of hydrogen-bond acceptors (Lipinski definition) is 6. The van der Waals surface area contributed by atoms with Gasteiger partial charge in [0, 0.05) is 3.57 Å². The SMILES string of the molecule is [C-]#[N+]c1ccc(C(=O)OCCOc2c(I)cc(I)c(S(=O)(=O)[O-])c2I)cc1. The lowest BCUT2D eigenvalue weighted by molar-refractivity contribution is 0.0449. The summed E-state index contributed by atoms with van der Waals surface area (Å²) in [6.45, 7) is 6.79. The van der Waals surface area contributed by atoms with Crippen molar-refractivity contribution in [2.45, 2.75) is 4.90 Å². The van der Waals surface area contributed by atoms with Crippen LogP contribution in [0.25, 0.3) is 4.85 Å². The second-order valence-electron chi connectivity index (χ2n) is 4.91. The van der Waals surface area contributed by atoms with Gasteiger partial charge in [0.1, 0.15) is 29.1 Å². The zero-order valence-corrected chi connectivity index (χ0v) is 20.5. The van der Waals surface area contributed by atoms with E-state index in [1.165, 1.54) is 30.3 Å². The normalized spacial score (nSPS) is 10.9. The Balaban J connectivity index is 2.03. The molecule has 27 heavy (non-hydrogen) atoms. The van der Waals surface area contributed by atoms with Gasteiger partial charge in [-0.25, -0.2) is 18.1 Å². The second-order valence-corrected chi connectivity index (χ2v) is 9.63. The molecule has 0 fully saturated rings. The van der Waals surface area contributed by atoms with E-state index in [0.29, 0.717) is 18.4 Å². The van der Waals surface area contributed by atoms with Crippen LogP contribution in [0, 0.1) is 17.3 Å². The first-order valence-electron chi connectivity index (χ1n) is 7.06. The molecule has 2 rings (SSSR count). The molecule has 0 aliphatic heterocycles. The molecule has 0 radical (unpaired) electrons. The van der Waals surface area contributed by atoms with Gasteiger partial charge >= 0.3 is 5.97 Å². The minimum atomic E-state index is -4.64. The van der Waals surface area contributed by atoms with Gasteiger partial charge in [0.25, 0.3) is 0 Å². The third-order valence-corrected chi connectivity index (χ3v) is 7.47. The number of rotatable bonds is 6. The maximum atomic E-state index is 11.9. The number of halogens is 3. The van der Waals surface area contributed by atoms with Gasteiger partial charge in [0.05, 0.1) is 24.2 Å². The molecule has 0 aromatic heterocycles. The lowest BCUT2D eigenvalue weighted by Gasteiger charge is -2.17. The van der Waals surface area contributed by atoms with E-state index in [9.17, 15) is 17.8 Å². The molecule has 0 aliphatic carbocycles. The Kier molecular flexibility index (Phi) is 8.09. The number of nitrogens with zero attached hydrogens (tertiary/aromatic N) is 1.